The first-order valence-electron chi connectivity index (χ1n) is 4.64. The van der Waals surface area contributed by atoms with Gasteiger partial charge in [-0.05, 0) is 35.8 Å². The molecule has 0 aliphatic heterocycles. The number of aromatic nitrogens is 1. The summed E-state index contributed by atoms with van der Waals surface area (Å²) in [5.74, 6) is 0. The summed E-state index contributed by atoms with van der Waals surface area (Å²) >= 11 is 3.45. The van der Waals surface area contributed by atoms with Gasteiger partial charge in [-0.15, -0.1) is 0 Å². The highest BCUT2D eigenvalue weighted by atomic mass is 79.9. The second kappa shape index (κ2) is 5.32. The van der Waals surface area contributed by atoms with Gasteiger partial charge in [-0.25, -0.2) is 0 Å². The lowest BCUT2D eigenvalue weighted by molar-refractivity contribution is 0.299. The van der Waals surface area contributed by atoms with Crippen LogP contribution in [0, 0.1) is 0 Å². The number of hydrogen-bond acceptors (Lipinski definition) is 3. The Morgan fingerprint density at radius 3 is 2.79 bits per heavy atom. The zero-order valence-electron chi connectivity index (χ0n) is 8.44. The number of aliphatic hydroxyl groups excluding tert-OH is 1. The number of pyridine rings is 1. The fourth-order valence-corrected chi connectivity index (χ4v) is 1.84. The summed E-state index contributed by atoms with van der Waals surface area (Å²) in [5, 5.41) is 8.97. The standard InChI is InChI=1S/C10H15BrN2O/c1-8(2)13(5-6-14)10-3-4-12-7-9(10)11/h3-4,7-8,14H,5-6H2,1-2H3. The van der Waals surface area contributed by atoms with Crippen molar-refractivity contribution in [2.75, 3.05) is 18.1 Å². The lowest BCUT2D eigenvalue weighted by atomic mass is 10.2. The van der Waals surface area contributed by atoms with Crippen molar-refractivity contribution in [3.63, 3.8) is 0 Å². The van der Waals surface area contributed by atoms with Gasteiger partial charge in [-0.2, -0.15) is 0 Å². The average Bonchev–Trinajstić information content (AvgIpc) is 2.15. The molecule has 3 nitrogen and oxygen atoms in total. The normalized spacial score (nSPS) is 10.6. The Balaban J connectivity index is 2.93. The topological polar surface area (TPSA) is 36.4 Å². The van der Waals surface area contributed by atoms with E-state index in [4.69, 9.17) is 5.11 Å². The zero-order chi connectivity index (χ0) is 10.6. The molecule has 1 aromatic rings. The molecule has 0 saturated heterocycles. The first kappa shape index (κ1) is 11.5. The molecule has 1 N–H and O–H groups in total. The van der Waals surface area contributed by atoms with E-state index in [2.05, 4.69) is 39.7 Å². The largest absolute Gasteiger partial charge is 0.395 e. The molecule has 78 valence electrons. The van der Waals surface area contributed by atoms with Crippen LogP contribution in [-0.2, 0) is 0 Å². The predicted octanol–water partition coefficient (Wildman–Crippen LogP) is 2.05. The molecule has 0 atom stereocenters. The minimum atomic E-state index is 0.160. The molecule has 0 radical (unpaired) electrons. The number of nitrogens with zero attached hydrogens (tertiary/aromatic N) is 2. The van der Waals surface area contributed by atoms with Crippen molar-refractivity contribution in [1.29, 1.82) is 0 Å². The Hall–Kier alpha value is -0.610. The van der Waals surface area contributed by atoms with E-state index in [9.17, 15) is 0 Å². The second-order valence-electron chi connectivity index (χ2n) is 3.34. The van der Waals surface area contributed by atoms with E-state index in [1.165, 1.54) is 0 Å². The molecule has 0 fully saturated rings. The second-order valence-corrected chi connectivity index (χ2v) is 4.19. The Morgan fingerprint density at radius 2 is 2.29 bits per heavy atom. The van der Waals surface area contributed by atoms with E-state index in [1.807, 2.05) is 6.07 Å². The number of hydrogen-bond donors (Lipinski definition) is 1. The van der Waals surface area contributed by atoms with Crippen molar-refractivity contribution in [3.05, 3.63) is 22.9 Å². The van der Waals surface area contributed by atoms with Gasteiger partial charge in [-0.1, -0.05) is 0 Å². The maximum absolute atomic E-state index is 8.97. The van der Waals surface area contributed by atoms with Crippen molar-refractivity contribution in [2.45, 2.75) is 19.9 Å². The monoisotopic (exact) mass is 258 g/mol. The molecule has 0 saturated carbocycles. The zero-order valence-corrected chi connectivity index (χ0v) is 10.0. The van der Waals surface area contributed by atoms with E-state index < -0.39 is 0 Å². The lowest BCUT2D eigenvalue weighted by Gasteiger charge is -2.28. The number of rotatable bonds is 4. The molecule has 0 aliphatic rings. The fraction of sp³-hybridized carbons (Fsp3) is 0.500. The quantitative estimate of drug-likeness (QED) is 0.899. The Morgan fingerprint density at radius 1 is 1.57 bits per heavy atom. The van der Waals surface area contributed by atoms with Crippen LogP contribution in [0.4, 0.5) is 5.69 Å². The minimum Gasteiger partial charge on any atom is -0.395 e. The predicted molar refractivity (Wildman–Crippen MR) is 61.5 cm³/mol. The van der Waals surface area contributed by atoms with Gasteiger partial charge in [-0.3, -0.25) is 4.98 Å². The summed E-state index contributed by atoms with van der Waals surface area (Å²) in [6.45, 7) is 5.00. The van der Waals surface area contributed by atoms with Crippen LogP contribution >= 0.6 is 15.9 Å². The summed E-state index contributed by atoms with van der Waals surface area (Å²) in [5.41, 5.74) is 1.07. The van der Waals surface area contributed by atoms with Gasteiger partial charge in [0.15, 0.2) is 0 Å². The van der Waals surface area contributed by atoms with Gasteiger partial charge in [0.2, 0.25) is 0 Å². The van der Waals surface area contributed by atoms with Crippen molar-refractivity contribution in [2.24, 2.45) is 0 Å². The first-order valence-corrected chi connectivity index (χ1v) is 5.43. The van der Waals surface area contributed by atoms with Gasteiger partial charge in [0.1, 0.15) is 0 Å². The third kappa shape index (κ3) is 2.69. The Labute approximate surface area is 92.9 Å². The number of aliphatic hydroxyl groups is 1. The third-order valence-electron chi connectivity index (χ3n) is 2.02. The summed E-state index contributed by atoms with van der Waals surface area (Å²) < 4.78 is 0.960. The lowest BCUT2D eigenvalue weighted by Crippen LogP contribution is -2.33. The molecule has 1 rings (SSSR count). The molecule has 1 heterocycles. The van der Waals surface area contributed by atoms with Crippen LogP contribution in [0.1, 0.15) is 13.8 Å². The number of anilines is 1. The maximum atomic E-state index is 8.97. The molecular formula is C10H15BrN2O. The van der Waals surface area contributed by atoms with Gasteiger partial charge in [0, 0.05) is 25.0 Å². The van der Waals surface area contributed by atoms with Crippen molar-refractivity contribution in [1.82, 2.24) is 4.98 Å². The highest BCUT2D eigenvalue weighted by Crippen LogP contribution is 2.25. The van der Waals surface area contributed by atoms with E-state index in [1.54, 1.807) is 12.4 Å². The van der Waals surface area contributed by atoms with Crippen LogP contribution in [0.2, 0.25) is 0 Å². The van der Waals surface area contributed by atoms with E-state index in [0.717, 1.165) is 10.2 Å². The van der Waals surface area contributed by atoms with Gasteiger partial charge >= 0.3 is 0 Å². The first-order chi connectivity index (χ1) is 6.66. The minimum absolute atomic E-state index is 0.160. The molecule has 4 heteroatoms. The summed E-state index contributed by atoms with van der Waals surface area (Å²) in [7, 11) is 0. The fourth-order valence-electron chi connectivity index (χ4n) is 1.37. The molecule has 0 amide bonds. The summed E-state index contributed by atoms with van der Waals surface area (Å²) in [4.78, 5) is 6.14. The smallest absolute Gasteiger partial charge is 0.0606 e. The van der Waals surface area contributed by atoms with Crippen LogP contribution in [0.5, 0.6) is 0 Å². The Bertz CT molecular complexity index is 291. The van der Waals surface area contributed by atoms with Crippen LogP contribution in [0.25, 0.3) is 0 Å². The van der Waals surface area contributed by atoms with Crippen molar-refractivity contribution < 1.29 is 5.11 Å². The van der Waals surface area contributed by atoms with Crippen LogP contribution in [0.15, 0.2) is 22.9 Å². The summed E-state index contributed by atoms with van der Waals surface area (Å²) in [6.07, 6.45) is 3.52. The van der Waals surface area contributed by atoms with Gasteiger partial charge in [0.25, 0.3) is 0 Å². The van der Waals surface area contributed by atoms with Crippen LogP contribution < -0.4 is 4.90 Å². The van der Waals surface area contributed by atoms with Gasteiger partial charge in [0.05, 0.1) is 16.8 Å². The van der Waals surface area contributed by atoms with E-state index in [0.29, 0.717) is 12.6 Å². The molecule has 14 heavy (non-hydrogen) atoms. The average molecular weight is 259 g/mol. The molecule has 0 aromatic carbocycles. The van der Waals surface area contributed by atoms with Crippen molar-refractivity contribution >= 4 is 21.6 Å². The van der Waals surface area contributed by atoms with Crippen LogP contribution in [-0.4, -0.2) is 29.3 Å². The molecular weight excluding hydrogens is 244 g/mol. The number of halogens is 1. The SMILES string of the molecule is CC(C)N(CCO)c1ccncc1Br. The third-order valence-corrected chi connectivity index (χ3v) is 2.64. The Kier molecular flexibility index (Phi) is 4.35. The van der Waals surface area contributed by atoms with Crippen molar-refractivity contribution in [3.8, 4) is 0 Å². The van der Waals surface area contributed by atoms with Gasteiger partial charge < -0.3 is 10.0 Å². The molecule has 0 spiro atoms. The van der Waals surface area contributed by atoms with E-state index in [-0.39, 0.29) is 6.61 Å². The van der Waals surface area contributed by atoms with Crippen LogP contribution in [0.3, 0.4) is 0 Å². The molecule has 1 aromatic heterocycles. The molecule has 0 bridgehead atoms. The highest BCUT2D eigenvalue weighted by molar-refractivity contribution is 9.10. The van der Waals surface area contributed by atoms with E-state index >= 15 is 0 Å². The summed E-state index contributed by atoms with van der Waals surface area (Å²) in [6, 6.07) is 2.31. The molecule has 0 aliphatic carbocycles. The maximum Gasteiger partial charge on any atom is 0.0606 e. The highest BCUT2D eigenvalue weighted by Gasteiger charge is 2.12. The molecule has 0 unspecified atom stereocenters.